The number of methoxy groups -OCH3 is 1. The summed E-state index contributed by atoms with van der Waals surface area (Å²) < 4.78 is 13.0. The summed E-state index contributed by atoms with van der Waals surface area (Å²) in [6.45, 7) is 4.03. The average Bonchev–Trinajstić information content (AvgIpc) is 3.17. The average molecular weight is 336 g/mol. The Bertz CT molecular complexity index is 552. The van der Waals surface area contributed by atoms with E-state index < -0.39 is 0 Å². The number of carbonyl (C=O) groups is 1. The third-order valence-corrected chi connectivity index (χ3v) is 5.08. The van der Waals surface area contributed by atoms with Gasteiger partial charge in [0.2, 0.25) is 5.91 Å². The molecule has 1 aromatic heterocycles. The molecule has 3 rings (SSSR count). The molecule has 134 valence electrons. The summed E-state index contributed by atoms with van der Waals surface area (Å²) >= 11 is 0. The lowest BCUT2D eigenvalue weighted by Crippen LogP contribution is -2.45. The van der Waals surface area contributed by atoms with Crippen LogP contribution in [-0.4, -0.2) is 65.6 Å². The largest absolute Gasteiger partial charge is 0.383 e. The first-order valence-corrected chi connectivity index (χ1v) is 8.75. The number of nitrogens with zero attached hydrogens (tertiary/aromatic N) is 3. The second kappa shape index (κ2) is 7.63. The topological polar surface area (TPSA) is 68.6 Å². The van der Waals surface area contributed by atoms with E-state index in [0.29, 0.717) is 13.2 Å². The highest BCUT2D eigenvalue weighted by atomic mass is 16.5. The number of carbonyl (C=O) groups excluding carboxylic acids is 1. The van der Waals surface area contributed by atoms with E-state index in [1.54, 1.807) is 7.11 Å². The van der Waals surface area contributed by atoms with E-state index >= 15 is 0 Å². The molecule has 7 nitrogen and oxygen atoms in total. The number of hydrogen-bond donors (Lipinski definition) is 1. The molecule has 0 aromatic carbocycles. The minimum Gasteiger partial charge on any atom is -0.383 e. The van der Waals surface area contributed by atoms with Gasteiger partial charge in [-0.25, -0.2) is 0 Å². The van der Waals surface area contributed by atoms with Gasteiger partial charge in [-0.1, -0.05) is 0 Å². The van der Waals surface area contributed by atoms with Gasteiger partial charge in [0, 0.05) is 52.1 Å². The van der Waals surface area contributed by atoms with Gasteiger partial charge in [-0.3, -0.25) is 14.4 Å². The molecule has 2 fully saturated rings. The van der Waals surface area contributed by atoms with Crippen molar-refractivity contribution >= 4 is 5.91 Å². The van der Waals surface area contributed by atoms with Crippen LogP contribution in [0.25, 0.3) is 0 Å². The zero-order valence-corrected chi connectivity index (χ0v) is 14.7. The van der Waals surface area contributed by atoms with Crippen molar-refractivity contribution in [1.29, 1.82) is 0 Å². The highest BCUT2D eigenvalue weighted by Crippen LogP contribution is 2.39. The summed E-state index contributed by atoms with van der Waals surface area (Å²) in [5, 5.41) is 7.11. The Kier molecular flexibility index (Phi) is 5.53. The van der Waals surface area contributed by atoms with Crippen molar-refractivity contribution in [2.75, 3.05) is 33.4 Å². The molecule has 1 atom stereocenters. The second-order valence-electron chi connectivity index (χ2n) is 6.91. The van der Waals surface area contributed by atoms with Crippen molar-refractivity contribution in [2.45, 2.75) is 43.9 Å². The standard InChI is InChI=1S/C17H28N4O3/c1-20-12-14(11-19-20)13-21-8-5-17(6-9-21)4-3-15(24-17)16(22)18-7-10-23-2/h11-12,15H,3-10,13H2,1-2H3,(H,18,22)/t15-/m0/s1. The number of ether oxygens (including phenoxy) is 2. The monoisotopic (exact) mass is 336 g/mol. The Morgan fingerprint density at radius 1 is 1.46 bits per heavy atom. The highest BCUT2D eigenvalue weighted by molar-refractivity contribution is 5.81. The summed E-state index contributed by atoms with van der Waals surface area (Å²) in [6, 6.07) is 0. The van der Waals surface area contributed by atoms with E-state index in [1.807, 2.05) is 17.9 Å². The fourth-order valence-corrected chi connectivity index (χ4v) is 3.69. The Morgan fingerprint density at radius 2 is 2.25 bits per heavy atom. The van der Waals surface area contributed by atoms with Crippen molar-refractivity contribution in [1.82, 2.24) is 20.0 Å². The quantitative estimate of drug-likeness (QED) is 0.775. The molecule has 2 aliphatic rings. The first-order valence-electron chi connectivity index (χ1n) is 8.75. The summed E-state index contributed by atoms with van der Waals surface area (Å²) in [4.78, 5) is 14.6. The molecule has 1 spiro atoms. The van der Waals surface area contributed by atoms with Crippen molar-refractivity contribution in [3.05, 3.63) is 18.0 Å². The predicted molar refractivity (Wildman–Crippen MR) is 89.4 cm³/mol. The summed E-state index contributed by atoms with van der Waals surface area (Å²) in [5.41, 5.74) is 1.14. The van der Waals surface area contributed by atoms with E-state index in [9.17, 15) is 4.79 Å². The molecule has 3 heterocycles. The van der Waals surface area contributed by atoms with Crippen LogP contribution in [0.15, 0.2) is 12.4 Å². The maximum absolute atomic E-state index is 12.1. The van der Waals surface area contributed by atoms with Gasteiger partial charge in [0.1, 0.15) is 6.10 Å². The molecular weight excluding hydrogens is 308 g/mol. The molecule has 2 saturated heterocycles. The van der Waals surface area contributed by atoms with Gasteiger partial charge in [-0.2, -0.15) is 5.10 Å². The molecule has 0 radical (unpaired) electrons. The second-order valence-corrected chi connectivity index (χ2v) is 6.91. The molecule has 2 aliphatic heterocycles. The van der Waals surface area contributed by atoms with Crippen LogP contribution in [-0.2, 0) is 27.9 Å². The van der Waals surface area contributed by atoms with Crippen LogP contribution in [0.2, 0.25) is 0 Å². The maximum atomic E-state index is 12.1. The molecule has 1 aromatic rings. The fourth-order valence-electron chi connectivity index (χ4n) is 3.69. The Balaban J connectivity index is 1.45. The molecular formula is C17H28N4O3. The third-order valence-electron chi connectivity index (χ3n) is 5.08. The van der Waals surface area contributed by atoms with Gasteiger partial charge < -0.3 is 14.8 Å². The van der Waals surface area contributed by atoms with Crippen LogP contribution in [0.1, 0.15) is 31.2 Å². The SMILES string of the molecule is COCCNC(=O)[C@@H]1CCC2(CCN(Cc3cnn(C)c3)CC2)O1. The Morgan fingerprint density at radius 3 is 2.92 bits per heavy atom. The summed E-state index contributed by atoms with van der Waals surface area (Å²) in [6.07, 6.45) is 7.49. The molecule has 0 unspecified atom stereocenters. The molecule has 0 saturated carbocycles. The van der Waals surface area contributed by atoms with Crippen LogP contribution in [0, 0.1) is 0 Å². The minimum atomic E-state index is -0.299. The highest BCUT2D eigenvalue weighted by Gasteiger charge is 2.44. The molecule has 1 N–H and O–H groups in total. The van der Waals surface area contributed by atoms with Crippen LogP contribution < -0.4 is 5.32 Å². The van der Waals surface area contributed by atoms with Gasteiger partial charge in [-0.15, -0.1) is 0 Å². The minimum absolute atomic E-state index is 0.00159. The molecule has 0 bridgehead atoms. The number of likely N-dealkylation sites (tertiary alicyclic amines) is 1. The van der Waals surface area contributed by atoms with E-state index in [0.717, 1.165) is 45.3 Å². The first kappa shape index (κ1) is 17.4. The van der Waals surface area contributed by atoms with Crippen LogP contribution in [0.4, 0.5) is 0 Å². The number of nitrogens with one attached hydrogen (secondary N) is 1. The Hall–Kier alpha value is -1.44. The van der Waals surface area contributed by atoms with Crippen LogP contribution in [0.5, 0.6) is 0 Å². The molecule has 24 heavy (non-hydrogen) atoms. The lowest BCUT2D eigenvalue weighted by Gasteiger charge is -2.38. The number of hydrogen-bond acceptors (Lipinski definition) is 5. The van der Waals surface area contributed by atoms with Crippen molar-refractivity contribution in [3.8, 4) is 0 Å². The van der Waals surface area contributed by atoms with E-state index in [2.05, 4.69) is 21.5 Å². The number of aryl methyl sites for hydroxylation is 1. The molecule has 1 amide bonds. The van der Waals surface area contributed by atoms with Gasteiger partial charge >= 0.3 is 0 Å². The first-order chi connectivity index (χ1) is 11.6. The maximum Gasteiger partial charge on any atom is 0.249 e. The number of amides is 1. The predicted octanol–water partition coefficient (Wildman–Crippen LogP) is 0.696. The van der Waals surface area contributed by atoms with Gasteiger partial charge in [0.25, 0.3) is 0 Å². The number of piperidine rings is 1. The fraction of sp³-hybridized carbons (Fsp3) is 0.765. The lowest BCUT2D eigenvalue weighted by atomic mass is 9.88. The van der Waals surface area contributed by atoms with Crippen molar-refractivity contribution in [3.63, 3.8) is 0 Å². The van der Waals surface area contributed by atoms with Crippen LogP contribution >= 0.6 is 0 Å². The smallest absolute Gasteiger partial charge is 0.249 e. The van der Waals surface area contributed by atoms with E-state index in [-0.39, 0.29) is 17.6 Å². The van der Waals surface area contributed by atoms with Crippen molar-refractivity contribution < 1.29 is 14.3 Å². The van der Waals surface area contributed by atoms with Gasteiger partial charge in [-0.05, 0) is 25.7 Å². The van der Waals surface area contributed by atoms with E-state index in [4.69, 9.17) is 9.47 Å². The normalized spacial score (nSPS) is 23.7. The zero-order chi connectivity index (χ0) is 17.0. The summed E-state index contributed by atoms with van der Waals surface area (Å²) in [7, 11) is 3.57. The van der Waals surface area contributed by atoms with Crippen molar-refractivity contribution in [2.24, 2.45) is 7.05 Å². The zero-order valence-electron chi connectivity index (χ0n) is 14.7. The summed E-state index contributed by atoms with van der Waals surface area (Å²) in [5.74, 6) is 0.00159. The third kappa shape index (κ3) is 4.15. The van der Waals surface area contributed by atoms with Crippen LogP contribution in [0.3, 0.4) is 0 Å². The van der Waals surface area contributed by atoms with E-state index in [1.165, 1.54) is 5.56 Å². The Labute approximate surface area is 143 Å². The van der Waals surface area contributed by atoms with Gasteiger partial charge in [0.15, 0.2) is 0 Å². The number of rotatable bonds is 6. The molecule has 7 heteroatoms. The number of aromatic nitrogens is 2. The molecule has 0 aliphatic carbocycles. The lowest BCUT2D eigenvalue weighted by molar-refractivity contribution is -0.141. The van der Waals surface area contributed by atoms with Gasteiger partial charge in [0.05, 0.1) is 18.4 Å².